The minimum atomic E-state index is -3.70. The number of thiazole rings is 1. The minimum absolute atomic E-state index is 0.149. The largest absolute Gasteiger partial charge is 0.495 e. The Hall–Kier alpha value is -1.60. The molecule has 0 spiro atoms. The van der Waals surface area contributed by atoms with E-state index in [0.29, 0.717) is 16.4 Å². The number of methoxy groups -OCH3 is 1. The van der Waals surface area contributed by atoms with E-state index < -0.39 is 10.0 Å². The lowest BCUT2D eigenvalue weighted by Gasteiger charge is -2.13. The smallest absolute Gasteiger partial charge is 0.267 e. The van der Waals surface area contributed by atoms with Gasteiger partial charge < -0.3 is 4.74 Å². The van der Waals surface area contributed by atoms with Crippen LogP contribution in [0, 0.1) is 13.8 Å². The van der Waals surface area contributed by atoms with Gasteiger partial charge in [0.25, 0.3) is 10.0 Å². The maximum absolute atomic E-state index is 12.4. The summed E-state index contributed by atoms with van der Waals surface area (Å²) in [4.78, 5) is 4.07. The number of ether oxygens (including phenoxy) is 1. The van der Waals surface area contributed by atoms with Crippen molar-refractivity contribution in [2.75, 3.05) is 11.8 Å². The number of nitrogens with zero attached hydrogens (tertiary/aromatic N) is 1. The summed E-state index contributed by atoms with van der Waals surface area (Å²) >= 11 is 1.22. The highest BCUT2D eigenvalue weighted by Crippen LogP contribution is 2.30. The molecule has 0 aliphatic heterocycles. The van der Waals surface area contributed by atoms with Crippen molar-refractivity contribution in [2.45, 2.75) is 18.7 Å². The van der Waals surface area contributed by atoms with Crippen LogP contribution in [0.2, 0.25) is 0 Å². The van der Waals surface area contributed by atoms with Gasteiger partial charge in [0.2, 0.25) is 0 Å². The summed E-state index contributed by atoms with van der Waals surface area (Å²) < 4.78 is 32.4. The maximum Gasteiger partial charge on any atom is 0.267 e. The van der Waals surface area contributed by atoms with Gasteiger partial charge in [-0.15, -0.1) is 11.3 Å². The van der Waals surface area contributed by atoms with E-state index in [4.69, 9.17) is 4.74 Å². The molecule has 0 saturated carbocycles. The Balaban J connectivity index is 2.51. The van der Waals surface area contributed by atoms with Crippen LogP contribution >= 0.6 is 11.3 Å². The summed E-state index contributed by atoms with van der Waals surface area (Å²) in [5.41, 5.74) is 1.59. The lowest BCUT2D eigenvalue weighted by Crippen LogP contribution is -2.15. The van der Waals surface area contributed by atoms with Gasteiger partial charge in [-0.2, -0.15) is 0 Å². The average molecular weight is 298 g/mol. The van der Waals surface area contributed by atoms with Crippen LogP contribution < -0.4 is 9.46 Å². The number of benzene rings is 1. The van der Waals surface area contributed by atoms with Crippen LogP contribution in [-0.2, 0) is 10.0 Å². The molecule has 19 heavy (non-hydrogen) atoms. The quantitative estimate of drug-likeness (QED) is 0.942. The predicted octanol–water partition coefficient (Wildman–Crippen LogP) is 2.57. The first-order valence-corrected chi connectivity index (χ1v) is 7.88. The zero-order valence-electron chi connectivity index (χ0n) is 10.8. The number of anilines is 1. The molecule has 0 unspecified atom stereocenters. The number of sulfonamides is 1. The molecule has 1 N–H and O–H groups in total. The molecular weight excluding hydrogens is 284 g/mol. The molecule has 1 aromatic heterocycles. The van der Waals surface area contributed by atoms with Crippen LogP contribution in [0.1, 0.15) is 11.1 Å². The third kappa shape index (κ3) is 2.87. The molecule has 1 heterocycles. The molecule has 1 aromatic carbocycles. The van der Waals surface area contributed by atoms with Crippen LogP contribution in [0.5, 0.6) is 5.75 Å². The SMILES string of the molecule is COc1cc(C)cc(C)c1S(=O)(=O)Nc1nccs1. The number of nitrogens with one attached hydrogen (secondary N) is 1. The Labute approximate surface area is 116 Å². The second-order valence-electron chi connectivity index (χ2n) is 4.06. The van der Waals surface area contributed by atoms with E-state index in [1.807, 2.05) is 6.92 Å². The van der Waals surface area contributed by atoms with Gasteiger partial charge in [-0.25, -0.2) is 13.4 Å². The molecular formula is C12H14N2O3S2. The van der Waals surface area contributed by atoms with E-state index in [9.17, 15) is 8.42 Å². The van der Waals surface area contributed by atoms with Crippen molar-refractivity contribution in [3.8, 4) is 5.75 Å². The van der Waals surface area contributed by atoms with Gasteiger partial charge in [0.1, 0.15) is 10.6 Å². The first kappa shape index (κ1) is 13.8. The van der Waals surface area contributed by atoms with E-state index in [0.717, 1.165) is 5.56 Å². The van der Waals surface area contributed by atoms with Crippen molar-refractivity contribution in [1.82, 2.24) is 4.98 Å². The molecule has 7 heteroatoms. The first-order valence-electron chi connectivity index (χ1n) is 5.51. The number of hydrogen-bond acceptors (Lipinski definition) is 5. The molecule has 5 nitrogen and oxygen atoms in total. The zero-order chi connectivity index (χ0) is 14.0. The molecule has 0 amide bonds. The minimum Gasteiger partial charge on any atom is -0.495 e. The Morgan fingerprint density at radius 3 is 2.63 bits per heavy atom. The number of aryl methyl sites for hydroxylation is 2. The number of rotatable bonds is 4. The number of aromatic nitrogens is 1. The third-order valence-corrected chi connectivity index (χ3v) is 4.87. The lowest BCUT2D eigenvalue weighted by molar-refractivity contribution is 0.402. The standard InChI is InChI=1S/C12H14N2O3S2/c1-8-6-9(2)11(10(7-8)17-3)19(15,16)14-12-13-4-5-18-12/h4-7H,1-3H3,(H,13,14). The van der Waals surface area contributed by atoms with E-state index in [-0.39, 0.29) is 4.90 Å². The molecule has 0 aliphatic rings. The highest BCUT2D eigenvalue weighted by Gasteiger charge is 2.23. The first-order chi connectivity index (χ1) is 8.94. The van der Waals surface area contributed by atoms with Crippen molar-refractivity contribution in [3.63, 3.8) is 0 Å². The van der Waals surface area contributed by atoms with Gasteiger partial charge in [-0.05, 0) is 31.0 Å². The van der Waals surface area contributed by atoms with Gasteiger partial charge in [0, 0.05) is 11.6 Å². The second kappa shape index (κ2) is 5.18. The summed E-state index contributed by atoms with van der Waals surface area (Å²) in [6.45, 7) is 3.63. The summed E-state index contributed by atoms with van der Waals surface area (Å²) in [6.07, 6.45) is 1.54. The summed E-state index contributed by atoms with van der Waals surface area (Å²) in [6, 6.07) is 3.50. The summed E-state index contributed by atoms with van der Waals surface area (Å²) in [5, 5.41) is 2.04. The fraction of sp³-hybridized carbons (Fsp3) is 0.250. The van der Waals surface area contributed by atoms with Crippen molar-refractivity contribution < 1.29 is 13.2 Å². The van der Waals surface area contributed by atoms with Crippen molar-refractivity contribution in [2.24, 2.45) is 0 Å². The average Bonchev–Trinajstić information content (AvgIpc) is 2.79. The molecule has 0 saturated heterocycles. The van der Waals surface area contributed by atoms with E-state index >= 15 is 0 Å². The van der Waals surface area contributed by atoms with Crippen LogP contribution in [0.3, 0.4) is 0 Å². The molecule has 0 bridgehead atoms. The van der Waals surface area contributed by atoms with Crippen LogP contribution in [0.15, 0.2) is 28.6 Å². The Morgan fingerprint density at radius 2 is 2.05 bits per heavy atom. The molecule has 0 aliphatic carbocycles. The van der Waals surface area contributed by atoms with E-state index in [2.05, 4.69) is 9.71 Å². The predicted molar refractivity (Wildman–Crippen MR) is 75.4 cm³/mol. The topological polar surface area (TPSA) is 68.3 Å². The molecule has 0 atom stereocenters. The van der Waals surface area contributed by atoms with Crippen molar-refractivity contribution in [3.05, 3.63) is 34.8 Å². The highest BCUT2D eigenvalue weighted by atomic mass is 32.2. The normalized spacial score (nSPS) is 11.3. The maximum atomic E-state index is 12.4. The highest BCUT2D eigenvalue weighted by molar-refractivity contribution is 7.93. The molecule has 2 aromatic rings. The van der Waals surface area contributed by atoms with Gasteiger partial charge >= 0.3 is 0 Å². The van der Waals surface area contributed by atoms with Crippen molar-refractivity contribution >= 4 is 26.5 Å². The Kier molecular flexibility index (Phi) is 3.77. The van der Waals surface area contributed by atoms with Crippen LogP contribution in [0.4, 0.5) is 5.13 Å². The zero-order valence-corrected chi connectivity index (χ0v) is 12.4. The van der Waals surface area contributed by atoms with E-state index in [1.165, 1.54) is 18.4 Å². The molecule has 2 rings (SSSR count). The van der Waals surface area contributed by atoms with Crippen LogP contribution in [0.25, 0.3) is 0 Å². The third-order valence-electron chi connectivity index (χ3n) is 2.53. The molecule has 0 radical (unpaired) electrons. The monoisotopic (exact) mass is 298 g/mol. The number of hydrogen-bond donors (Lipinski definition) is 1. The Bertz CT molecular complexity index is 679. The van der Waals surface area contributed by atoms with Crippen LogP contribution in [-0.4, -0.2) is 20.5 Å². The van der Waals surface area contributed by atoms with E-state index in [1.54, 1.807) is 30.6 Å². The van der Waals surface area contributed by atoms with Gasteiger partial charge in [0.05, 0.1) is 7.11 Å². The second-order valence-corrected chi connectivity index (χ2v) is 6.57. The van der Waals surface area contributed by atoms with Gasteiger partial charge in [0.15, 0.2) is 5.13 Å². The fourth-order valence-corrected chi connectivity index (χ4v) is 4.02. The lowest BCUT2D eigenvalue weighted by atomic mass is 10.1. The van der Waals surface area contributed by atoms with Gasteiger partial charge in [-0.3, -0.25) is 4.72 Å². The molecule has 0 fully saturated rings. The summed E-state index contributed by atoms with van der Waals surface area (Å²) in [5.74, 6) is 0.335. The Morgan fingerprint density at radius 1 is 1.32 bits per heavy atom. The summed E-state index contributed by atoms with van der Waals surface area (Å²) in [7, 11) is -2.25. The van der Waals surface area contributed by atoms with Gasteiger partial charge in [-0.1, -0.05) is 6.07 Å². The molecule has 102 valence electrons. The van der Waals surface area contributed by atoms with Crippen molar-refractivity contribution in [1.29, 1.82) is 0 Å². The fourth-order valence-electron chi connectivity index (χ4n) is 1.85.